The standard InChI is InChI=1S/C68H128O15/c1-3-5-7-9-11-13-15-17-19-21-23-25-27-29-30-32-34-36-38-40-42-44-46-48-50-59(70)78-53-56(54-79-67-66(77)64(75)62(73)58(83-67)55-80-68-65(76)63(74)61(72)57(52-69)82-68)81-60(71)51-49-47-45-43-41-39-37-35-33-31-28-26-24-22-20-18-16-14-12-10-8-6-4-2/h22,24,56-58,61-69,72-77H,3-21,23,25-55H2,1-2H3/b24-22-. The summed E-state index contributed by atoms with van der Waals surface area (Å²) in [7, 11) is 0. The van der Waals surface area contributed by atoms with Gasteiger partial charge in [-0.1, -0.05) is 276 Å². The largest absolute Gasteiger partial charge is 0.462 e. The molecule has 15 heteroatoms. The van der Waals surface area contributed by atoms with Crippen LogP contribution in [0.2, 0.25) is 0 Å². The maximum Gasteiger partial charge on any atom is 0.306 e. The highest BCUT2D eigenvalue weighted by Gasteiger charge is 2.47. The Hall–Kier alpha value is -1.76. The molecule has 0 aromatic carbocycles. The van der Waals surface area contributed by atoms with Gasteiger partial charge in [-0.2, -0.15) is 0 Å². The lowest BCUT2D eigenvalue weighted by atomic mass is 9.98. The normalized spacial score (nSPS) is 23.3. The molecule has 0 aliphatic carbocycles. The minimum Gasteiger partial charge on any atom is -0.462 e. The zero-order valence-electron chi connectivity index (χ0n) is 53.0. The van der Waals surface area contributed by atoms with Crippen LogP contribution in [0.5, 0.6) is 0 Å². The van der Waals surface area contributed by atoms with Crippen molar-refractivity contribution < 1.29 is 73.8 Å². The highest BCUT2D eigenvalue weighted by Crippen LogP contribution is 2.27. The van der Waals surface area contributed by atoms with E-state index in [-0.39, 0.29) is 26.1 Å². The van der Waals surface area contributed by atoms with Crippen LogP contribution in [0.4, 0.5) is 0 Å². The smallest absolute Gasteiger partial charge is 0.306 e. The third-order valence-corrected chi connectivity index (χ3v) is 17.0. The predicted molar refractivity (Wildman–Crippen MR) is 331 cm³/mol. The van der Waals surface area contributed by atoms with E-state index in [9.17, 15) is 45.3 Å². The first-order chi connectivity index (χ1) is 40.5. The molecule has 2 aliphatic heterocycles. The Morgan fingerprint density at radius 1 is 0.373 bits per heavy atom. The van der Waals surface area contributed by atoms with Gasteiger partial charge in [0.2, 0.25) is 0 Å². The zero-order valence-corrected chi connectivity index (χ0v) is 53.0. The number of esters is 2. The van der Waals surface area contributed by atoms with E-state index >= 15 is 0 Å². The summed E-state index contributed by atoms with van der Waals surface area (Å²) < 4.78 is 33.9. The summed E-state index contributed by atoms with van der Waals surface area (Å²) in [5.41, 5.74) is 0. The van der Waals surface area contributed by atoms with Gasteiger partial charge in [0.25, 0.3) is 0 Å². The quantitative estimate of drug-likeness (QED) is 0.0171. The second-order valence-electron chi connectivity index (χ2n) is 24.7. The van der Waals surface area contributed by atoms with Gasteiger partial charge in [0, 0.05) is 12.8 Å². The van der Waals surface area contributed by atoms with E-state index in [1.807, 2.05) is 0 Å². The molecule has 2 rings (SSSR count). The molecule has 7 N–H and O–H groups in total. The highest BCUT2D eigenvalue weighted by molar-refractivity contribution is 5.70. The lowest BCUT2D eigenvalue weighted by molar-refractivity contribution is -0.332. The number of aliphatic hydroxyl groups is 7. The van der Waals surface area contributed by atoms with Crippen molar-refractivity contribution >= 4 is 11.9 Å². The summed E-state index contributed by atoms with van der Waals surface area (Å²) >= 11 is 0. The van der Waals surface area contributed by atoms with Crippen LogP contribution >= 0.6 is 0 Å². The van der Waals surface area contributed by atoms with E-state index in [2.05, 4.69) is 26.0 Å². The minimum absolute atomic E-state index is 0.170. The van der Waals surface area contributed by atoms with Crippen molar-refractivity contribution in [1.82, 2.24) is 0 Å². The summed E-state index contributed by atoms with van der Waals surface area (Å²) in [6.45, 7) is 2.68. The van der Waals surface area contributed by atoms with Crippen LogP contribution < -0.4 is 0 Å². The maximum atomic E-state index is 13.1. The minimum atomic E-state index is -1.76. The molecule has 0 aromatic heterocycles. The Bertz CT molecular complexity index is 1490. The molecule has 2 saturated heterocycles. The lowest BCUT2D eigenvalue weighted by Gasteiger charge is -2.42. The van der Waals surface area contributed by atoms with Crippen LogP contribution in [0, 0.1) is 0 Å². The summed E-state index contributed by atoms with van der Waals surface area (Å²) in [5.74, 6) is -0.903. The molecular weight excluding hydrogens is 1060 g/mol. The number of carbonyl (C=O) groups excluding carboxylic acids is 2. The zero-order chi connectivity index (χ0) is 60.2. The topological polar surface area (TPSA) is 231 Å². The first kappa shape index (κ1) is 77.3. The molecule has 2 heterocycles. The van der Waals surface area contributed by atoms with Crippen LogP contribution in [0.15, 0.2) is 12.2 Å². The van der Waals surface area contributed by atoms with Crippen LogP contribution in [-0.2, 0) is 38.0 Å². The summed E-state index contributed by atoms with van der Waals surface area (Å²) in [4.78, 5) is 26.1. The molecule has 0 bridgehead atoms. The van der Waals surface area contributed by atoms with Crippen molar-refractivity contribution in [2.75, 3.05) is 26.4 Å². The molecule has 83 heavy (non-hydrogen) atoms. The molecule has 0 amide bonds. The third kappa shape index (κ3) is 40.4. The van der Waals surface area contributed by atoms with Gasteiger partial charge in [-0.15, -0.1) is 0 Å². The molecule has 0 aromatic rings. The number of hydrogen-bond acceptors (Lipinski definition) is 15. The highest BCUT2D eigenvalue weighted by atomic mass is 16.7. The van der Waals surface area contributed by atoms with Gasteiger partial charge in [0.1, 0.15) is 55.4 Å². The van der Waals surface area contributed by atoms with Gasteiger partial charge >= 0.3 is 11.9 Å². The molecule has 11 unspecified atom stereocenters. The van der Waals surface area contributed by atoms with Crippen LogP contribution in [0.3, 0.4) is 0 Å². The number of unbranched alkanes of at least 4 members (excludes halogenated alkanes) is 42. The van der Waals surface area contributed by atoms with E-state index in [4.69, 9.17) is 28.4 Å². The van der Waals surface area contributed by atoms with Gasteiger partial charge in [-0.25, -0.2) is 0 Å². The van der Waals surface area contributed by atoms with E-state index in [1.165, 1.54) is 238 Å². The number of carbonyl (C=O) groups is 2. The average Bonchev–Trinajstić information content (AvgIpc) is 3.66. The second kappa shape index (κ2) is 54.4. The number of allylic oxidation sites excluding steroid dienone is 2. The molecular formula is C68H128O15. The van der Waals surface area contributed by atoms with Gasteiger partial charge in [0.15, 0.2) is 18.7 Å². The van der Waals surface area contributed by atoms with E-state index < -0.39 is 92.7 Å². The predicted octanol–water partition coefficient (Wildman–Crippen LogP) is 14.0. The van der Waals surface area contributed by atoms with Crippen LogP contribution in [0.25, 0.3) is 0 Å². The Morgan fingerprint density at radius 3 is 1.06 bits per heavy atom. The number of hydrogen-bond donors (Lipinski definition) is 7. The average molecular weight is 1190 g/mol. The maximum absolute atomic E-state index is 13.1. The van der Waals surface area contributed by atoms with Gasteiger partial charge in [-0.3, -0.25) is 9.59 Å². The Labute approximate surface area is 505 Å². The fraction of sp³-hybridized carbons (Fsp3) is 0.941. The number of aliphatic hydroxyl groups excluding tert-OH is 7. The van der Waals surface area contributed by atoms with Gasteiger partial charge in [0.05, 0.1) is 19.8 Å². The monoisotopic (exact) mass is 1180 g/mol. The molecule has 0 saturated carbocycles. The fourth-order valence-electron chi connectivity index (χ4n) is 11.4. The summed E-state index contributed by atoms with van der Waals surface area (Å²) in [6.07, 6.45) is 45.3. The first-order valence-electron chi connectivity index (χ1n) is 34.8. The SMILES string of the molecule is CCCCCCCCCC/C=C\CCCCCCCCCCCCCC(=O)OC(COC(=O)CCCCCCCCCCCCCCCCCCCCCCCCCC)COC1OC(COC2OC(CO)C(O)C(O)C2O)C(O)C(O)C1O. The van der Waals surface area contributed by atoms with Crippen molar-refractivity contribution in [3.8, 4) is 0 Å². The molecule has 15 nitrogen and oxygen atoms in total. The van der Waals surface area contributed by atoms with Gasteiger partial charge < -0.3 is 64.2 Å². The number of ether oxygens (including phenoxy) is 6. The molecule has 0 radical (unpaired) electrons. The molecule has 2 fully saturated rings. The summed E-state index contributed by atoms with van der Waals surface area (Å²) in [6, 6.07) is 0. The Morgan fingerprint density at radius 2 is 0.687 bits per heavy atom. The molecule has 11 atom stereocenters. The first-order valence-corrected chi connectivity index (χ1v) is 34.8. The van der Waals surface area contributed by atoms with Crippen LogP contribution in [0.1, 0.15) is 316 Å². The van der Waals surface area contributed by atoms with Crippen molar-refractivity contribution in [3.05, 3.63) is 12.2 Å². The molecule has 490 valence electrons. The van der Waals surface area contributed by atoms with Crippen molar-refractivity contribution in [2.24, 2.45) is 0 Å². The lowest BCUT2D eigenvalue weighted by Crippen LogP contribution is -2.61. The van der Waals surface area contributed by atoms with E-state index in [0.717, 1.165) is 38.5 Å². The second-order valence-corrected chi connectivity index (χ2v) is 24.7. The van der Waals surface area contributed by atoms with E-state index in [0.29, 0.717) is 12.8 Å². The van der Waals surface area contributed by atoms with Crippen molar-refractivity contribution in [2.45, 2.75) is 383 Å². The van der Waals surface area contributed by atoms with E-state index in [1.54, 1.807) is 0 Å². The number of rotatable bonds is 58. The third-order valence-electron chi connectivity index (χ3n) is 17.0. The van der Waals surface area contributed by atoms with Crippen molar-refractivity contribution in [3.63, 3.8) is 0 Å². The Balaban J connectivity index is 1.66. The van der Waals surface area contributed by atoms with Crippen molar-refractivity contribution in [1.29, 1.82) is 0 Å². The Kier molecular flexibility index (Phi) is 50.7. The summed E-state index contributed by atoms with van der Waals surface area (Å²) in [5, 5.41) is 72.5. The van der Waals surface area contributed by atoms with Crippen LogP contribution in [-0.4, -0.2) is 142 Å². The van der Waals surface area contributed by atoms with Gasteiger partial charge in [-0.05, 0) is 38.5 Å². The fourth-order valence-corrected chi connectivity index (χ4v) is 11.4. The molecule has 2 aliphatic rings. The molecule has 0 spiro atoms.